The first-order valence-corrected chi connectivity index (χ1v) is 8.73. The van der Waals surface area contributed by atoms with E-state index >= 15 is 4.39 Å². The molecule has 1 aliphatic heterocycles. The van der Waals surface area contributed by atoms with E-state index in [0.29, 0.717) is 12.1 Å². The number of carbonyl (C=O) groups excluding carboxylic acids is 2. The molecule has 0 bridgehead atoms. The van der Waals surface area contributed by atoms with Crippen LogP contribution in [0.4, 0.5) is 18.9 Å². The predicted molar refractivity (Wildman–Crippen MR) is 97.8 cm³/mol. The number of alkyl halides is 1. The minimum atomic E-state index is -1.84. The summed E-state index contributed by atoms with van der Waals surface area (Å²) in [5.41, 5.74) is -3.47. The topological polar surface area (TPSA) is 108 Å². The van der Waals surface area contributed by atoms with Crippen molar-refractivity contribution in [2.75, 3.05) is 13.8 Å². The number of ether oxygens (including phenoxy) is 2. The fourth-order valence-corrected chi connectivity index (χ4v) is 3.15. The van der Waals surface area contributed by atoms with E-state index in [1.165, 1.54) is 20.8 Å². The van der Waals surface area contributed by atoms with Crippen LogP contribution in [0.15, 0.2) is 34.7 Å². The number of benzene rings is 1. The lowest BCUT2D eigenvalue weighted by Gasteiger charge is -2.31. The molecule has 1 aliphatic rings. The zero-order chi connectivity index (χ0) is 22.7. The average Bonchev–Trinajstić information content (AvgIpc) is 2.65. The Balaban J connectivity index is 2.90. The summed E-state index contributed by atoms with van der Waals surface area (Å²) in [4.78, 5) is 35.2. The van der Waals surface area contributed by atoms with Gasteiger partial charge in [0, 0.05) is 17.3 Å². The molecule has 30 heavy (non-hydrogen) atoms. The number of nitro groups is 1. The number of halogens is 3. The summed E-state index contributed by atoms with van der Waals surface area (Å²) in [5.74, 6) is -6.92. The first kappa shape index (κ1) is 22.9. The molecule has 1 atom stereocenters. The standard InChI is InChI=1S/C19H19F3N2O6/c1-8(2)30-19(26)13-9(3)23-11(7-20)15(18(25)29-4)16(13)14-10(21)5-6-12(17(14)22)24(27)28/h5-6,8,16,23H,7H2,1-4H3. The van der Waals surface area contributed by atoms with Gasteiger partial charge in [0.1, 0.15) is 12.5 Å². The van der Waals surface area contributed by atoms with Crippen molar-refractivity contribution in [3.63, 3.8) is 0 Å². The number of allylic oxidation sites excluding steroid dienone is 2. The maximum Gasteiger partial charge on any atom is 0.337 e. The normalized spacial score (nSPS) is 16.5. The van der Waals surface area contributed by atoms with Gasteiger partial charge in [-0.3, -0.25) is 10.1 Å². The van der Waals surface area contributed by atoms with E-state index in [4.69, 9.17) is 4.74 Å². The number of carbonyl (C=O) groups is 2. The fraction of sp³-hybridized carbons (Fsp3) is 0.368. The summed E-state index contributed by atoms with van der Waals surface area (Å²) in [7, 11) is 0.958. The average molecular weight is 428 g/mol. The van der Waals surface area contributed by atoms with Crippen LogP contribution in [-0.2, 0) is 19.1 Å². The zero-order valence-corrected chi connectivity index (χ0v) is 16.5. The van der Waals surface area contributed by atoms with Crippen LogP contribution >= 0.6 is 0 Å². The first-order valence-electron chi connectivity index (χ1n) is 8.73. The van der Waals surface area contributed by atoms with Crippen LogP contribution in [0.25, 0.3) is 0 Å². The minimum absolute atomic E-state index is 0.0312. The van der Waals surface area contributed by atoms with Crippen molar-refractivity contribution in [3.05, 3.63) is 62.0 Å². The molecule has 0 amide bonds. The summed E-state index contributed by atoms with van der Waals surface area (Å²) in [6.45, 7) is 3.11. The summed E-state index contributed by atoms with van der Waals surface area (Å²) in [5, 5.41) is 13.7. The molecule has 8 nitrogen and oxygen atoms in total. The molecule has 1 aromatic rings. The number of nitrogens with one attached hydrogen (secondary N) is 1. The first-order chi connectivity index (χ1) is 14.0. The molecule has 0 aromatic heterocycles. The quantitative estimate of drug-likeness (QED) is 0.421. The monoisotopic (exact) mass is 428 g/mol. The number of methoxy groups -OCH3 is 1. The van der Waals surface area contributed by atoms with Crippen molar-refractivity contribution < 1.29 is 37.2 Å². The smallest absolute Gasteiger partial charge is 0.337 e. The van der Waals surface area contributed by atoms with Crippen molar-refractivity contribution in [3.8, 4) is 0 Å². The van der Waals surface area contributed by atoms with Gasteiger partial charge in [-0.15, -0.1) is 0 Å². The van der Waals surface area contributed by atoms with E-state index < -0.39 is 75.3 Å². The number of nitro benzene ring substituents is 1. The molecule has 1 heterocycles. The largest absolute Gasteiger partial charge is 0.466 e. The molecule has 0 spiro atoms. The summed E-state index contributed by atoms with van der Waals surface area (Å²) in [6, 6.07) is 1.23. The highest BCUT2D eigenvalue weighted by Gasteiger charge is 2.43. The fourth-order valence-electron chi connectivity index (χ4n) is 3.15. The van der Waals surface area contributed by atoms with Gasteiger partial charge >= 0.3 is 17.6 Å². The highest BCUT2D eigenvalue weighted by Crippen LogP contribution is 2.43. The maximum absolute atomic E-state index is 15.0. The van der Waals surface area contributed by atoms with Crippen molar-refractivity contribution in [1.29, 1.82) is 0 Å². The van der Waals surface area contributed by atoms with Gasteiger partial charge in [-0.05, 0) is 26.8 Å². The number of nitrogens with zero attached hydrogens (tertiary/aromatic N) is 1. The molecule has 0 saturated carbocycles. The van der Waals surface area contributed by atoms with Gasteiger partial charge in [-0.25, -0.2) is 18.4 Å². The maximum atomic E-state index is 15.0. The second-order valence-electron chi connectivity index (χ2n) is 6.62. The zero-order valence-electron chi connectivity index (χ0n) is 16.5. The molecule has 2 rings (SSSR count). The summed E-state index contributed by atoms with van der Waals surface area (Å²) in [6.07, 6.45) is -0.633. The molecule has 0 radical (unpaired) electrons. The third-order valence-electron chi connectivity index (χ3n) is 4.34. The number of hydrogen-bond donors (Lipinski definition) is 1. The van der Waals surface area contributed by atoms with Crippen LogP contribution in [0.3, 0.4) is 0 Å². The van der Waals surface area contributed by atoms with Crippen LogP contribution in [0.2, 0.25) is 0 Å². The SMILES string of the molecule is COC(=O)C1=C(CF)NC(C)=C(C(=O)OC(C)C)C1c1c(F)ccc([N+](=O)[O-])c1F. The third kappa shape index (κ3) is 4.14. The van der Waals surface area contributed by atoms with Gasteiger partial charge in [0.25, 0.3) is 0 Å². The number of dihydropyridines is 1. The highest BCUT2D eigenvalue weighted by molar-refractivity contribution is 6.00. The van der Waals surface area contributed by atoms with E-state index in [9.17, 15) is 28.5 Å². The van der Waals surface area contributed by atoms with Crippen molar-refractivity contribution in [1.82, 2.24) is 5.32 Å². The van der Waals surface area contributed by atoms with E-state index in [1.54, 1.807) is 0 Å². The Bertz CT molecular complexity index is 971. The van der Waals surface area contributed by atoms with Crippen molar-refractivity contribution >= 4 is 17.6 Å². The molecule has 11 heteroatoms. The number of hydrogen-bond acceptors (Lipinski definition) is 7. The molecule has 162 valence electrons. The lowest BCUT2D eigenvalue weighted by Crippen LogP contribution is -2.35. The second-order valence-corrected chi connectivity index (χ2v) is 6.62. The van der Waals surface area contributed by atoms with Gasteiger partial charge in [0.05, 0.1) is 40.9 Å². The van der Waals surface area contributed by atoms with Gasteiger partial charge in [0.2, 0.25) is 5.82 Å². The van der Waals surface area contributed by atoms with Gasteiger partial charge in [0.15, 0.2) is 0 Å². The Hall–Kier alpha value is -3.37. The van der Waals surface area contributed by atoms with Gasteiger partial charge in [-0.2, -0.15) is 4.39 Å². The second kappa shape index (κ2) is 8.97. The Morgan fingerprint density at radius 1 is 1.23 bits per heavy atom. The Morgan fingerprint density at radius 2 is 1.87 bits per heavy atom. The van der Waals surface area contributed by atoms with E-state index in [0.717, 1.165) is 7.11 Å². The van der Waals surface area contributed by atoms with Crippen LogP contribution in [0.5, 0.6) is 0 Å². The minimum Gasteiger partial charge on any atom is -0.466 e. The summed E-state index contributed by atoms with van der Waals surface area (Å²) >= 11 is 0. The lowest BCUT2D eigenvalue weighted by atomic mass is 9.79. The van der Waals surface area contributed by atoms with Crippen LogP contribution in [0, 0.1) is 21.7 Å². The predicted octanol–water partition coefficient (Wildman–Crippen LogP) is 3.18. The third-order valence-corrected chi connectivity index (χ3v) is 4.34. The van der Waals surface area contributed by atoms with Gasteiger partial charge in [-0.1, -0.05) is 0 Å². The van der Waals surface area contributed by atoms with Crippen LogP contribution in [-0.4, -0.2) is 36.8 Å². The molecule has 0 aliphatic carbocycles. The summed E-state index contributed by atoms with van der Waals surface area (Å²) < 4.78 is 53.2. The van der Waals surface area contributed by atoms with Crippen molar-refractivity contribution in [2.24, 2.45) is 0 Å². The van der Waals surface area contributed by atoms with E-state index in [-0.39, 0.29) is 5.70 Å². The van der Waals surface area contributed by atoms with Gasteiger partial charge < -0.3 is 14.8 Å². The van der Waals surface area contributed by atoms with Crippen LogP contribution < -0.4 is 5.32 Å². The highest BCUT2D eigenvalue weighted by atomic mass is 19.1. The van der Waals surface area contributed by atoms with Crippen LogP contribution in [0.1, 0.15) is 32.3 Å². The van der Waals surface area contributed by atoms with Crippen molar-refractivity contribution in [2.45, 2.75) is 32.8 Å². The molecular weight excluding hydrogens is 409 g/mol. The Kier molecular flexibility index (Phi) is 6.85. The molecule has 1 N–H and O–H groups in total. The molecule has 1 aromatic carbocycles. The Labute approximate surface area is 169 Å². The lowest BCUT2D eigenvalue weighted by molar-refractivity contribution is -0.387. The van der Waals surface area contributed by atoms with E-state index in [1.807, 2.05) is 0 Å². The molecular formula is C19H19F3N2O6. The van der Waals surface area contributed by atoms with E-state index in [2.05, 4.69) is 10.1 Å². The number of rotatable bonds is 6. The number of esters is 2. The molecule has 0 saturated heterocycles. The Morgan fingerprint density at radius 3 is 2.37 bits per heavy atom. The molecule has 1 unspecified atom stereocenters. The molecule has 0 fully saturated rings.